The van der Waals surface area contributed by atoms with Crippen molar-refractivity contribution in [2.45, 2.75) is 21.6 Å². The molecule has 13 nitrogen and oxygen atoms in total. The summed E-state index contributed by atoms with van der Waals surface area (Å²) in [5.74, 6) is 0. The highest BCUT2D eigenvalue weighted by Crippen LogP contribution is 2.29. The predicted molar refractivity (Wildman–Crippen MR) is 223 cm³/mol. The number of aromatic nitrogens is 4. The van der Waals surface area contributed by atoms with Gasteiger partial charge in [-0.25, -0.2) is 25.3 Å². The van der Waals surface area contributed by atoms with Crippen molar-refractivity contribution >= 4 is 52.6 Å². The molecule has 61 heavy (non-hydrogen) atoms. The summed E-state index contributed by atoms with van der Waals surface area (Å²) in [5.41, 5.74) is 8.81. The lowest BCUT2D eigenvalue weighted by molar-refractivity contribution is 0.461. The average molecular weight is 868 g/mol. The van der Waals surface area contributed by atoms with Gasteiger partial charge in [-0.2, -0.15) is 0 Å². The van der Waals surface area contributed by atoms with Crippen molar-refractivity contribution in [2.24, 2.45) is 0 Å². The van der Waals surface area contributed by atoms with E-state index in [1.807, 2.05) is 79.7 Å². The van der Waals surface area contributed by atoms with Crippen LogP contribution < -0.4 is 21.4 Å². The van der Waals surface area contributed by atoms with Crippen molar-refractivity contribution < 1.29 is 38.9 Å². The first-order valence-corrected chi connectivity index (χ1v) is 22.8. The average Bonchev–Trinajstić information content (AvgIpc) is 4.06. The van der Waals surface area contributed by atoms with Gasteiger partial charge in [0.25, 0.3) is 0 Å². The quantitative estimate of drug-likeness (QED) is 0.172. The number of aryl methyl sites for hydroxylation is 1. The third kappa shape index (κ3) is 7.63. The van der Waals surface area contributed by atoms with Crippen molar-refractivity contribution in [3.05, 3.63) is 218 Å². The van der Waals surface area contributed by atoms with Gasteiger partial charge in [0.05, 0.1) is 14.7 Å². The summed E-state index contributed by atoms with van der Waals surface area (Å²) in [6, 6.07) is 39.8. The maximum absolute atomic E-state index is 11.9. The Morgan fingerprint density at radius 1 is 0.311 bits per heavy atom. The first-order chi connectivity index (χ1) is 29.0. The number of aromatic amines is 4. The SMILES string of the molecule is Cc1ccc(C2=c3ccc([nH]3)=C(c3ccc(S(=O)(=O)[O-])cc3)c3ccc([nH]3)C(c3ccc(S(=O)(=O)[O-])cc3)=c3ccc([nH]3)=C(c3ccc(S(=O)(=O)[O-])cc3)c3ccc2[nH]3)cc1. The van der Waals surface area contributed by atoms with Crippen molar-refractivity contribution in [3.8, 4) is 0 Å². The molecule has 8 aromatic rings. The highest BCUT2D eigenvalue weighted by molar-refractivity contribution is 7.86. The van der Waals surface area contributed by atoms with Crippen LogP contribution in [-0.4, -0.2) is 58.8 Å². The Balaban J connectivity index is 1.40. The molecule has 4 aromatic carbocycles. The second-order valence-electron chi connectivity index (χ2n) is 14.4. The van der Waals surface area contributed by atoms with Gasteiger partial charge in [0.15, 0.2) is 0 Å². The van der Waals surface area contributed by atoms with E-state index in [-0.39, 0.29) is 9.79 Å². The minimum absolute atomic E-state index is 0.383. The monoisotopic (exact) mass is 867 g/mol. The summed E-state index contributed by atoms with van der Waals surface area (Å²) < 4.78 is 107. The lowest BCUT2D eigenvalue weighted by atomic mass is 10.0. The number of fused-ring (bicyclic) bond motifs is 8. The molecule has 1 aliphatic heterocycles. The predicted octanol–water partition coefficient (Wildman–Crippen LogP) is 3.32. The number of nitrogens with one attached hydrogen (secondary N) is 4. The Hall–Kier alpha value is -6.79. The van der Waals surface area contributed by atoms with Crippen LogP contribution >= 0.6 is 0 Å². The molecule has 0 saturated carbocycles. The zero-order valence-corrected chi connectivity index (χ0v) is 34.2. The summed E-state index contributed by atoms with van der Waals surface area (Å²) in [6.07, 6.45) is 0. The topological polar surface area (TPSA) is 235 Å². The summed E-state index contributed by atoms with van der Waals surface area (Å²) in [7, 11) is -14.2. The van der Waals surface area contributed by atoms with Gasteiger partial charge in [-0.3, -0.25) is 0 Å². The third-order valence-electron chi connectivity index (χ3n) is 10.5. The standard InChI is InChI=1S/C45H34N4O9S3/c1-26-2-4-27(5-3-26)42-34-18-20-36(46-34)43(28-6-12-31(13-7-28)59(50,51)52)38-22-24-40(48-38)45(30-10-16-33(17-11-30)61(56,57)58)41-25-23-39(49-41)44(37-21-19-35(42)47-37)29-8-14-32(15-9-29)60(53,54)55/h2-25,46-49H,1H3,(H,50,51,52)(H,53,54,55)(H,56,57,58)/p-3. The molecule has 0 radical (unpaired) electrons. The first kappa shape index (κ1) is 39.7. The van der Waals surface area contributed by atoms with E-state index in [2.05, 4.69) is 19.9 Å². The third-order valence-corrected chi connectivity index (χ3v) is 13.1. The number of hydrogen-bond donors (Lipinski definition) is 4. The van der Waals surface area contributed by atoms with Crippen LogP contribution in [0.4, 0.5) is 0 Å². The van der Waals surface area contributed by atoms with Crippen LogP contribution in [0.5, 0.6) is 0 Å². The van der Waals surface area contributed by atoms with Gasteiger partial charge in [-0.1, -0.05) is 66.2 Å². The summed E-state index contributed by atoms with van der Waals surface area (Å²) in [6.45, 7) is 1.99. The van der Waals surface area contributed by atoms with E-state index in [0.29, 0.717) is 66.5 Å². The smallest absolute Gasteiger partial charge is 0.124 e. The molecule has 0 saturated heterocycles. The maximum atomic E-state index is 11.9. The molecule has 0 amide bonds. The lowest BCUT2D eigenvalue weighted by Gasteiger charge is -2.12. The van der Waals surface area contributed by atoms with Crippen LogP contribution in [-0.2, 0) is 30.4 Å². The van der Waals surface area contributed by atoms with Crippen LogP contribution in [0, 0.1) is 6.92 Å². The molecule has 5 heterocycles. The molecule has 4 N–H and O–H groups in total. The molecule has 0 atom stereocenters. The van der Waals surface area contributed by atoms with Crippen LogP contribution in [0.3, 0.4) is 0 Å². The normalized spacial score (nSPS) is 13.5. The Bertz CT molecular complexity index is 3640. The van der Waals surface area contributed by atoms with Crippen LogP contribution in [0.15, 0.2) is 160 Å². The molecule has 4 aromatic heterocycles. The second-order valence-corrected chi connectivity index (χ2v) is 18.6. The minimum Gasteiger partial charge on any atom is -0.744 e. The van der Waals surface area contributed by atoms with Gasteiger partial charge in [0, 0.05) is 66.5 Å². The number of benzene rings is 4. The fourth-order valence-electron chi connectivity index (χ4n) is 7.66. The van der Waals surface area contributed by atoms with Crippen molar-refractivity contribution in [1.29, 1.82) is 0 Å². The van der Waals surface area contributed by atoms with Gasteiger partial charge in [0.2, 0.25) is 0 Å². The van der Waals surface area contributed by atoms with Crippen LogP contribution in [0.25, 0.3) is 22.3 Å². The van der Waals surface area contributed by atoms with Crippen molar-refractivity contribution in [2.75, 3.05) is 0 Å². The molecule has 306 valence electrons. The largest absolute Gasteiger partial charge is 0.744 e. The van der Waals surface area contributed by atoms with E-state index < -0.39 is 35.2 Å². The lowest BCUT2D eigenvalue weighted by Crippen LogP contribution is -2.19. The number of rotatable bonds is 7. The van der Waals surface area contributed by atoms with Crippen molar-refractivity contribution in [3.63, 3.8) is 0 Å². The van der Waals surface area contributed by atoms with E-state index in [1.54, 1.807) is 24.3 Å². The summed E-state index contributed by atoms with van der Waals surface area (Å²) >= 11 is 0. The molecule has 1 aliphatic rings. The Kier molecular flexibility index (Phi) is 9.58. The van der Waals surface area contributed by atoms with E-state index in [1.165, 1.54) is 48.5 Å². The van der Waals surface area contributed by atoms with Gasteiger partial charge >= 0.3 is 0 Å². The first-order valence-electron chi connectivity index (χ1n) is 18.5. The van der Waals surface area contributed by atoms with Crippen LogP contribution in [0.2, 0.25) is 0 Å². The van der Waals surface area contributed by atoms with Gasteiger partial charge in [0.1, 0.15) is 30.4 Å². The molecule has 0 unspecified atom stereocenters. The fraction of sp³-hybridized carbons (Fsp3) is 0.0222. The molecule has 8 bridgehead atoms. The Morgan fingerprint density at radius 3 is 0.770 bits per heavy atom. The molecular weight excluding hydrogens is 837 g/mol. The Morgan fingerprint density at radius 2 is 0.541 bits per heavy atom. The fourth-order valence-corrected chi connectivity index (χ4v) is 9.06. The summed E-state index contributed by atoms with van der Waals surface area (Å²) in [4.78, 5) is 13.0. The molecule has 0 aliphatic carbocycles. The number of hydrogen-bond acceptors (Lipinski definition) is 9. The highest BCUT2D eigenvalue weighted by atomic mass is 32.2. The molecule has 9 rings (SSSR count). The van der Waals surface area contributed by atoms with E-state index in [0.717, 1.165) is 27.7 Å². The molecule has 0 spiro atoms. The zero-order chi connectivity index (χ0) is 42.8. The Labute approximate surface area is 349 Å². The minimum atomic E-state index is -4.75. The van der Waals surface area contributed by atoms with E-state index in [9.17, 15) is 38.9 Å². The van der Waals surface area contributed by atoms with Gasteiger partial charge < -0.3 is 33.6 Å². The highest BCUT2D eigenvalue weighted by Gasteiger charge is 2.19. The zero-order valence-electron chi connectivity index (χ0n) is 31.8. The maximum Gasteiger partial charge on any atom is 0.124 e. The summed E-state index contributed by atoms with van der Waals surface area (Å²) in [5, 5.41) is 2.52. The van der Waals surface area contributed by atoms with Gasteiger partial charge in [-0.15, -0.1) is 0 Å². The van der Waals surface area contributed by atoms with Crippen LogP contribution in [0.1, 0.15) is 50.6 Å². The molecule has 0 fully saturated rings. The number of H-pyrrole nitrogens is 4. The van der Waals surface area contributed by atoms with E-state index in [4.69, 9.17) is 0 Å². The molecule has 16 heteroatoms. The molecular formula is C45H31N4O9S3-3. The second kappa shape index (κ2) is 14.7. The van der Waals surface area contributed by atoms with E-state index >= 15 is 0 Å². The van der Waals surface area contributed by atoms with Gasteiger partial charge in [-0.05, 0) is 114 Å². The van der Waals surface area contributed by atoms with Crippen molar-refractivity contribution in [1.82, 2.24) is 19.9 Å².